The highest BCUT2D eigenvalue weighted by Gasteiger charge is 2.07. The molecule has 0 aliphatic rings. The van der Waals surface area contributed by atoms with Crippen molar-refractivity contribution < 1.29 is 9.25 Å². The average molecular weight is 362 g/mol. The molecule has 0 aliphatic carbocycles. The smallest absolute Gasteiger partial charge is 0.247 e. The van der Waals surface area contributed by atoms with Gasteiger partial charge in [0.25, 0.3) is 0 Å². The molecular weight excluding hydrogens is 349 g/mol. The summed E-state index contributed by atoms with van der Waals surface area (Å²) in [4.78, 5) is 5.19. The summed E-state index contributed by atoms with van der Waals surface area (Å²) < 4.78 is 5.58. The van der Waals surface area contributed by atoms with Gasteiger partial charge in [0.2, 0.25) is 11.8 Å². The highest BCUT2D eigenvalue weighted by Crippen LogP contribution is 2.19. The van der Waals surface area contributed by atoms with Gasteiger partial charge in [0.05, 0.1) is 17.7 Å². The van der Waals surface area contributed by atoms with Crippen LogP contribution in [0.2, 0.25) is 10.0 Å². The molecule has 0 amide bonds. The minimum absolute atomic E-state index is 0.318. The maximum atomic E-state index is 6.03. The number of nitrogens with zero attached hydrogens (tertiary/aromatic N) is 3. The number of oxime groups is 1. The second kappa shape index (κ2) is 7.95. The van der Waals surface area contributed by atoms with E-state index in [9.17, 15) is 0 Å². The van der Waals surface area contributed by atoms with Crippen molar-refractivity contribution >= 4 is 29.4 Å². The van der Waals surface area contributed by atoms with Crippen molar-refractivity contribution in [1.29, 1.82) is 0 Å². The van der Waals surface area contributed by atoms with Crippen LogP contribution in [0.5, 0.6) is 0 Å². The summed E-state index contributed by atoms with van der Waals surface area (Å²) in [5.74, 6) is 0.982. The van der Waals surface area contributed by atoms with E-state index in [0.717, 1.165) is 11.1 Å². The van der Waals surface area contributed by atoms with Gasteiger partial charge in [0, 0.05) is 16.1 Å². The fourth-order valence-electron chi connectivity index (χ4n) is 1.94. The number of hydrogen-bond acceptors (Lipinski definition) is 5. The van der Waals surface area contributed by atoms with Crippen LogP contribution in [0.25, 0.3) is 11.5 Å². The molecule has 0 aliphatic heterocycles. The lowest BCUT2D eigenvalue weighted by atomic mass is 10.2. The first-order valence-corrected chi connectivity index (χ1v) is 7.96. The lowest BCUT2D eigenvalue weighted by Gasteiger charge is -1.99. The van der Waals surface area contributed by atoms with Crippen molar-refractivity contribution in [3.8, 4) is 11.5 Å². The minimum atomic E-state index is 0.318. The van der Waals surface area contributed by atoms with E-state index >= 15 is 0 Å². The van der Waals surface area contributed by atoms with Crippen LogP contribution in [0, 0.1) is 0 Å². The fourth-order valence-corrected chi connectivity index (χ4v) is 2.40. The number of hydrogen-bond donors (Lipinski definition) is 0. The molecule has 0 bridgehead atoms. The molecule has 1 aromatic heterocycles. The van der Waals surface area contributed by atoms with Crippen LogP contribution in [0.4, 0.5) is 0 Å². The zero-order chi connectivity index (χ0) is 16.8. The molecule has 2 aromatic carbocycles. The molecule has 5 nitrogen and oxygen atoms in total. The second-order valence-corrected chi connectivity index (χ2v) is 5.69. The van der Waals surface area contributed by atoms with Gasteiger partial charge in [-0.25, -0.2) is 0 Å². The molecule has 0 saturated carbocycles. The zero-order valence-corrected chi connectivity index (χ0v) is 14.0. The Morgan fingerprint density at radius 1 is 1.08 bits per heavy atom. The Kier molecular flexibility index (Phi) is 5.46. The van der Waals surface area contributed by atoms with Crippen LogP contribution in [-0.4, -0.2) is 23.0 Å². The van der Waals surface area contributed by atoms with E-state index in [1.807, 2.05) is 30.3 Å². The van der Waals surface area contributed by atoms with Gasteiger partial charge in [-0.15, -0.1) is 10.2 Å². The highest BCUT2D eigenvalue weighted by molar-refractivity contribution is 6.36. The molecule has 7 heteroatoms. The molecule has 0 fully saturated rings. The molecule has 0 atom stereocenters. The molecule has 24 heavy (non-hydrogen) atoms. The van der Waals surface area contributed by atoms with Gasteiger partial charge >= 0.3 is 0 Å². The monoisotopic (exact) mass is 361 g/mol. The van der Waals surface area contributed by atoms with E-state index in [-0.39, 0.29) is 0 Å². The first kappa shape index (κ1) is 16.5. The van der Waals surface area contributed by atoms with E-state index in [0.29, 0.717) is 34.9 Å². The van der Waals surface area contributed by atoms with E-state index in [4.69, 9.17) is 32.5 Å². The third kappa shape index (κ3) is 4.34. The van der Waals surface area contributed by atoms with Crippen molar-refractivity contribution in [3.05, 3.63) is 70.0 Å². The van der Waals surface area contributed by atoms with Crippen LogP contribution < -0.4 is 0 Å². The second-order valence-electron chi connectivity index (χ2n) is 4.85. The Morgan fingerprint density at radius 3 is 2.71 bits per heavy atom. The normalized spacial score (nSPS) is 11.1. The summed E-state index contributed by atoms with van der Waals surface area (Å²) in [6.07, 6.45) is 1.99. The number of benzene rings is 2. The van der Waals surface area contributed by atoms with Crippen molar-refractivity contribution in [2.24, 2.45) is 5.16 Å². The Labute approximate surface area is 148 Å². The fraction of sp³-hybridized carbons (Fsp3) is 0.118. The molecular formula is C17H13Cl2N3O2. The Bertz CT molecular complexity index is 835. The number of aromatic nitrogens is 2. The molecule has 0 spiro atoms. The predicted molar refractivity (Wildman–Crippen MR) is 93.4 cm³/mol. The van der Waals surface area contributed by atoms with Crippen LogP contribution in [0.1, 0.15) is 11.5 Å². The quantitative estimate of drug-likeness (QED) is 0.364. The number of rotatable bonds is 6. The molecule has 3 aromatic rings. The van der Waals surface area contributed by atoms with Crippen molar-refractivity contribution in [3.63, 3.8) is 0 Å². The van der Waals surface area contributed by atoms with Crippen molar-refractivity contribution in [1.82, 2.24) is 10.2 Å². The summed E-state index contributed by atoms with van der Waals surface area (Å²) in [5.41, 5.74) is 1.61. The number of halogens is 2. The first-order valence-electron chi connectivity index (χ1n) is 7.20. The third-order valence-electron chi connectivity index (χ3n) is 3.12. The molecule has 1 heterocycles. The van der Waals surface area contributed by atoms with Crippen LogP contribution in [0.15, 0.2) is 58.1 Å². The molecule has 0 unspecified atom stereocenters. The molecule has 122 valence electrons. The van der Waals surface area contributed by atoms with Gasteiger partial charge < -0.3 is 9.25 Å². The van der Waals surface area contributed by atoms with Gasteiger partial charge in [-0.2, -0.15) is 0 Å². The Morgan fingerprint density at radius 2 is 1.92 bits per heavy atom. The van der Waals surface area contributed by atoms with Crippen molar-refractivity contribution in [2.45, 2.75) is 6.42 Å². The third-order valence-corrected chi connectivity index (χ3v) is 3.69. The first-order chi connectivity index (χ1) is 11.7. The van der Waals surface area contributed by atoms with Gasteiger partial charge in [-0.1, -0.05) is 52.6 Å². The summed E-state index contributed by atoms with van der Waals surface area (Å²) in [6.45, 7) is 0.318. The highest BCUT2D eigenvalue weighted by atomic mass is 35.5. The van der Waals surface area contributed by atoms with E-state index < -0.39 is 0 Å². The molecule has 0 saturated heterocycles. The van der Waals surface area contributed by atoms with Crippen LogP contribution in [0.3, 0.4) is 0 Å². The summed E-state index contributed by atoms with van der Waals surface area (Å²) in [5, 5.41) is 13.0. The van der Waals surface area contributed by atoms with E-state index in [1.54, 1.807) is 18.2 Å². The van der Waals surface area contributed by atoms with E-state index in [2.05, 4.69) is 15.4 Å². The summed E-state index contributed by atoms with van der Waals surface area (Å²) in [7, 11) is 0. The summed E-state index contributed by atoms with van der Waals surface area (Å²) in [6, 6.07) is 14.7. The van der Waals surface area contributed by atoms with Crippen LogP contribution in [-0.2, 0) is 11.3 Å². The average Bonchev–Trinajstić information content (AvgIpc) is 3.06. The maximum Gasteiger partial charge on any atom is 0.247 e. The van der Waals surface area contributed by atoms with E-state index in [1.165, 1.54) is 6.21 Å². The van der Waals surface area contributed by atoms with Gasteiger partial charge in [-0.3, -0.25) is 0 Å². The maximum absolute atomic E-state index is 6.03. The summed E-state index contributed by atoms with van der Waals surface area (Å²) >= 11 is 11.9. The molecule has 0 N–H and O–H groups in total. The largest absolute Gasteiger partial charge is 0.421 e. The molecule has 3 rings (SSSR count). The lowest BCUT2D eigenvalue weighted by Crippen LogP contribution is -1.95. The minimum Gasteiger partial charge on any atom is -0.421 e. The Balaban J connectivity index is 1.50. The lowest BCUT2D eigenvalue weighted by molar-refractivity contribution is 0.144. The van der Waals surface area contributed by atoms with Gasteiger partial charge in [-0.05, 0) is 24.3 Å². The zero-order valence-electron chi connectivity index (χ0n) is 12.5. The topological polar surface area (TPSA) is 60.5 Å². The van der Waals surface area contributed by atoms with Crippen molar-refractivity contribution in [2.75, 3.05) is 6.61 Å². The van der Waals surface area contributed by atoms with Crippen LogP contribution >= 0.6 is 23.2 Å². The molecule has 0 radical (unpaired) electrons. The predicted octanol–water partition coefficient (Wildman–Crippen LogP) is 4.64. The Hall–Kier alpha value is -2.37. The van der Waals surface area contributed by atoms with Gasteiger partial charge in [0.15, 0.2) is 0 Å². The van der Waals surface area contributed by atoms with Gasteiger partial charge in [0.1, 0.15) is 6.61 Å². The standard InChI is InChI=1S/C17H13Cl2N3O2/c18-14-7-6-13(15(19)10-14)11-20-23-9-8-16-21-22-17(24-16)12-4-2-1-3-5-12/h1-7,10-11H,8-9H2/b20-11+. The SMILES string of the molecule is Clc1ccc(/C=N/OCCc2nnc(-c3ccccc3)o2)c(Cl)c1.